The summed E-state index contributed by atoms with van der Waals surface area (Å²) in [6.45, 7) is 2.06. The monoisotopic (exact) mass is 387 g/mol. The molecule has 3 aromatic heterocycles. The SMILES string of the molecule is COC(=O)c1cccc(Cc2c(-c3ccc(C)cc3)nn3cc(OC)ccc23)n1. The topological polar surface area (TPSA) is 65.7 Å². The normalized spacial score (nSPS) is 10.9. The second kappa shape index (κ2) is 7.75. The van der Waals surface area contributed by atoms with Crippen LogP contribution in [0, 0.1) is 6.92 Å². The molecule has 29 heavy (non-hydrogen) atoms. The molecule has 146 valence electrons. The average Bonchev–Trinajstić information content (AvgIpc) is 3.11. The van der Waals surface area contributed by atoms with Gasteiger partial charge in [0.2, 0.25) is 0 Å². The van der Waals surface area contributed by atoms with E-state index >= 15 is 0 Å². The largest absolute Gasteiger partial charge is 0.495 e. The standard InChI is InChI=1S/C23H21N3O3/c1-15-7-9-16(10-8-15)22-19(21-12-11-18(28-2)14-26(21)25-22)13-17-5-4-6-20(24-17)23(27)29-3/h4-12,14H,13H2,1-3H3. The molecule has 0 saturated heterocycles. The van der Waals surface area contributed by atoms with Crippen molar-refractivity contribution in [3.8, 4) is 17.0 Å². The Hall–Kier alpha value is -3.67. The summed E-state index contributed by atoms with van der Waals surface area (Å²) in [5.74, 6) is 0.281. The lowest BCUT2D eigenvalue weighted by Gasteiger charge is -2.06. The third kappa shape index (κ3) is 3.69. The summed E-state index contributed by atoms with van der Waals surface area (Å²) in [4.78, 5) is 16.3. The lowest BCUT2D eigenvalue weighted by Crippen LogP contribution is -2.06. The highest BCUT2D eigenvalue weighted by Gasteiger charge is 2.17. The first-order valence-electron chi connectivity index (χ1n) is 9.25. The Morgan fingerprint density at radius 2 is 1.83 bits per heavy atom. The summed E-state index contributed by atoms with van der Waals surface area (Å²) >= 11 is 0. The van der Waals surface area contributed by atoms with E-state index in [0.717, 1.165) is 33.8 Å². The Balaban J connectivity index is 1.84. The number of ether oxygens (including phenoxy) is 2. The molecule has 6 nitrogen and oxygen atoms in total. The van der Waals surface area contributed by atoms with Crippen LogP contribution in [-0.2, 0) is 11.2 Å². The van der Waals surface area contributed by atoms with Crippen molar-refractivity contribution in [1.82, 2.24) is 14.6 Å². The number of carbonyl (C=O) groups excluding carboxylic acids is 1. The van der Waals surface area contributed by atoms with Gasteiger partial charge in [0.15, 0.2) is 0 Å². The molecule has 0 radical (unpaired) electrons. The van der Waals surface area contributed by atoms with Gasteiger partial charge in [0.25, 0.3) is 0 Å². The first kappa shape index (κ1) is 18.7. The van der Waals surface area contributed by atoms with Crippen molar-refractivity contribution in [2.45, 2.75) is 13.3 Å². The molecule has 0 amide bonds. The predicted molar refractivity (Wildman–Crippen MR) is 110 cm³/mol. The average molecular weight is 387 g/mol. The van der Waals surface area contributed by atoms with Gasteiger partial charge in [0.1, 0.15) is 11.4 Å². The fourth-order valence-electron chi connectivity index (χ4n) is 3.30. The number of hydrogen-bond donors (Lipinski definition) is 0. The third-order valence-electron chi connectivity index (χ3n) is 4.82. The van der Waals surface area contributed by atoms with E-state index in [1.54, 1.807) is 13.2 Å². The van der Waals surface area contributed by atoms with Gasteiger partial charge in [-0.15, -0.1) is 0 Å². The number of pyridine rings is 2. The first-order chi connectivity index (χ1) is 14.1. The quantitative estimate of drug-likeness (QED) is 0.483. The van der Waals surface area contributed by atoms with E-state index in [4.69, 9.17) is 14.6 Å². The van der Waals surface area contributed by atoms with Gasteiger partial charge in [-0.1, -0.05) is 35.9 Å². The van der Waals surface area contributed by atoms with Crippen LogP contribution in [0.1, 0.15) is 27.3 Å². The van der Waals surface area contributed by atoms with Crippen molar-refractivity contribution < 1.29 is 14.3 Å². The van der Waals surface area contributed by atoms with Crippen LogP contribution in [0.2, 0.25) is 0 Å². The van der Waals surface area contributed by atoms with Crippen LogP contribution in [0.4, 0.5) is 0 Å². The van der Waals surface area contributed by atoms with Crippen LogP contribution < -0.4 is 4.74 Å². The number of nitrogens with zero attached hydrogens (tertiary/aromatic N) is 3. The van der Waals surface area contributed by atoms with Gasteiger partial charge in [0.05, 0.1) is 31.6 Å². The zero-order valence-electron chi connectivity index (χ0n) is 16.5. The minimum Gasteiger partial charge on any atom is -0.495 e. The molecule has 1 aromatic carbocycles. The minimum atomic E-state index is -0.449. The smallest absolute Gasteiger partial charge is 0.356 e. The van der Waals surface area contributed by atoms with Crippen molar-refractivity contribution in [2.75, 3.05) is 14.2 Å². The molecule has 0 aliphatic carbocycles. The number of methoxy groups -OCH3 is 2. The van der Waals surface area contributed by atoms with E-state index in [-0.39, 0.29) is 0 Å². The fourth-order valence-corrected chi connectivity index (χ4v) is 3.30. The van der Waals surface area contributed by atoms with Crippen molar-refractivity contribution in [3.05, 3.63) is 83.3 Å². The molecule has 0 saturated carbocycles. The molecule has 0 N–H and O–H groups in total. The highest BCUT2D eigenvalue weighted by Crippen LogP contribution is 2.29. The Morgan fingerprint density at radius 1 is 1.03 bits per heavy atom. The highest BCUT2D eigenvalue weighted by atomic mass is 16.5. The number of aromatic nitrogens is 3. The van der Waals surface area contributed by atoms with Gasteiger partial charge >= 0.3 is 5.97 Å². The molecular weight excluding hydrogens is 366 g/mol. The minimum absolute atomic E-state index is 0.292. The molecule has 0 unspecified atom stereocenters. The van der Waals surface area contributed by atoms with Crippen LogP contribution in [0.15, 0.2) is 60.8 Å². The Kier molecular flexibility index (Phi) is 4.99. The molecule has 4 aromatic rings. The second-order valence-electron chi connectivity index (χ2n) is 6.77. The van der Waals surface area contributed by atoms with E-state index in [2.05, 4.69) is 36.2 Å². The Morgan fingerprint density at radius 3 is 2.55 bits per heavy atom. The predicted octanol–water partition coefficient (Wildman–Crippen LogP) is 4.09. The van der Waals surface area contributed by atoms with Crippen molar-refractivity contribution in [2.24, 2.45) is 0 Å². The number of esters is 1. The number of hydrogen-bond acceptors (Lipinski definition) is 5. The zero-order valence-corrected chi connectivity index (χ0v) is 16.5. The summed E-state index contributed by atoms with van der Waals surface area (Å²) in [6.07, 6.45) is 2.39. The van der Waals surface area contributed by atoms with Gasteiger partial charge in [-0.3, -0.25) is 0 Å². The van der Waals surface area contributed by atoms with E-state index in [1.165, 1.54) is 12.7 Å². The van der Waals surface area contributed by atoms with Gasteiger partial charge in [-0.05, 0) is 31.2 Å². The highest BCUT2D eigenvalue weighted by molar-refractivity contribution is 5.87. The zero-order chi connectivity index (χ0) is 20.4. The van der Waals surface area contributed by atoms with Gasteiger partial charge in [-0.25, -0.2) is 14.3 Å². The van der Waals surface area contributed by atoms with Gasteiger partial charge in [-0.2, -0.15) is 5.10 Å². The first-order valence-corrected chi connectivity index (χ1v) is 9.25. The lowest BCUT2D eigenvalue weighted by atomic mass is 10.0. The van der Waals surface area contributed by atoms with E-state index in [0.29, 0.717) is 12.1 Å². The van der Waals surface area contributed by atoms with Crippen LogP contribution in [-0.4, -0.2) is 34.8 Å². The lowest BCUT2D eigenvalue weighted by molar-refractivity contribution is 0.0593. The van der Waals surface area contributed by atoms with Gasteiger partial charge < -0.3 is 9.47 Å². The third-order valence-corrected chi connectivity index (χ3v) is 4.82. The van der Waals surface area contributed by atoms with Crippen LogP contribution in [0.25, 0.3) is 16.8 Å². The molecule has 0 bridgehead atoms. The summed E-state index contributed by atoms with van der Waals surface area (Å²) in [6, 6.07) is 17.5. The Labute approximate surface area is 168 Å². The summed E-state index contributed by atoms with van der Waals surface area (Å²) in [5.41, 5.74) is 6.15. The van der Waals surface area contributed by atoms with E-state index in [1.807, 2.05) is 35.0 Å². The van der Waals surface area contributed by atoms with Crippen molar-refractivity contribution in [3.63, 3.8) is 0 Å². The van der Waals surface area contributed by atoms with Gasteiger partial charge in [0, 0.05) is 23.2 Å². The number of benzene rings is 1. The number of fused-ring (bicyclic) bond motifs is 1. The summed E-state index contributed by atoms with van der Waals surface area (Å²) < 4.78 is 12.0. The summed E-state index contributed by atoms with van der Waals surface area (Å²) in [5, 5.41) is 4.81. The van der Waals surface area contributed by atoms with Crippen molar-refractivity contribution >= 4 is 11.5 Å². The molecule has 4 rings (SSSR count). The number of rotatable bonds is 5. The molecule has 3 heterocycles. The molecule has 0 aliphatic rings. The van der Waals surface area contributed by atoms with E-state index in [9.17, 15) is 4.79 Å². The fraction of sp³-hybridized carbons (Fsp3) is 0.174. The van der Waals surface area contributed by atoms with Crippen LogP contribution in [0.5, 0.6) is 5.75 Å². The number of carbonyl (C=O) groups is 1. The molecule has 0 atom stereocenters. The number of aryl methyl sites for hydroxylation is 1. The molecule has 6 heteroatoms. The second-order valence-corrected chi connectivity index (χ2v) is 6.77. The Bertz CT molecular complexity index is 1180. The molecule has 0 fully saturated rings. The molecular formula is C23H21N3O3. The maximum absolute atomic E-state index is 11.9. The molecule has 0 aliphatic heterocycles. The molecule has 0 spiro atoms. The van der Waals surface area contributed by atoms with Crippen LogP contribution >= 0.6 is 0 Å². The van der Waals surface area contributed by atoms with Crippen molar-refractivity contribution in [1.29, 1.82) is 0 Å². The maximum Gasteiger partial charge on any atom is 0.356 e. The maximum atomic E-state index is 11.9. The van der Waals surface area contributed by atoms with Crippen LogP contribution in [0.3, 0.4) is 0 Å². The summed E-state index contributed by atoms with van der Waals surface area (Å²) in [7, 11) is 2.99. The van der Waals surface area contributed by atoms with E-state index < -0.39 is 5.97 Å².